The van der Waals surface area contributed by atoms with Crippen LogP contribution in [-0.2, 0) is 16.1 Å². The first-order valence-electron chi connectivity index (χ1n) is 9.73. The lowest BCUT2D eigenvalue weighted by Gasteiger charge is -2.39. The molecule has 4 aliphatic heterocycles. The number of fused-ring (bicyclic) bond motifs is 1. The highest BCUT2D eigenvalue weighted by Gasteiger charge is 2.45. The molecule has 0 aliphatic carbocycles. The van der Waals surface area contributed by atoms with Gasteiger partial charge < -0.3 is 5.32 Å². The maximum Gasteiger partial charge on any atom is 0.262 e. The zero-order valence-electron chi connectivity index (χ0n) is 15.5. The number of amides is 4. The first kappa shape index (κ1) is 17.5. The van der Waals surface area contributed by atoms with Crippen molar-refractivity contribution in [2.75, 3.05) is 26.2 Å². The van der Waals surface area contributed by atoms with Gasteiger partial charge in [0.25, 0.3) is 11.8 Å². The molecule has 146 valence electrons. The Balaban J connectivity index is 1.34. The summed E-state index contributed by atoms with van der Waals surface area (Å²) in [5.74, 6) is -1.85. The van der Waals surface area contributed by atoms with Gasteiger partial charge in [0, 0.05) is 38.0 Å². The molecule has 0 bridgehead atoms. The SMILES string of the molecule is O=C1CCC(N2C(=O)c3ccc(CN4CCC5(CNC5)C4)cc3C2=O)C(=O)N1. The number of rotatable bonds is 3. The predicted octanol–water partition coefficient (Wildman–Crippen LogP) is -0.117. The van der Waals surface area contributed by atoms with Crippen molar-refractivity contribution in [3.8, 4) is 0 Å². The van der Waals surface area contributed by atoms with Crippen LogP contribution in [0.15, 0.2) is 18.2 Å². The summed E-state index contributed by atoms with van der Waals surface area (Å²) in [5.41, 5.74) is 2.09. The Morgan fingerprint density at radius 3 is 2.54 bits per heavy atom. The molecule has 1 unspecified atom stereocenters. The van der Waals surface area contributed by atoms with Gasteiger partial charge >= 0.3 is 0 Å². The lowest BCUT2D eigenvalue weighted by molar-refractivity contribution is -0.136. The van der Waals surface area contributed by atoms with Crippen molar-refractivity contribution < 1.29 is 19.2 Å². The largest absolute Gasteiger partial charge is 0.315 e. The molecule has 0 aromatic heterocycles. The Bertz CT molecular complexity index is 907. The molecule has 3 saturated heterocycles. The second-order valence-electron chi connectivity index (χ2n) is 8.39. The van der Waals surface area contributed by atoms with Gasteiger partial charge in [0.15, 0.2) is 0 Å². The summed E-state index contributed by atoms with van der Waals surface area (Å²) in [4.78, 5) is 52.6. The fourth-order valence-corrected chi connectivity index (χ4v) is 4.80. The van der Waals surface area contributed by atoms with E-state index in [4.69, 9.17) is 0 Å². The van der Waals surface area contributed by atoms with Crippen molar-refractivity contribution in [2.24, 2.45) is 5.41 Å². The van der Waals surface area contributed by atoms with E-state index in [9.17, 15) is 19.2 Å². The van der Waals surface area contributed by atoms with Crippen LogP contribution >= 0.6 is 0 Å². The fraction of sp³-hybridized carbons (Fsp3) is 0.500. The van der Waals surface area contributed by atoms with Crippen molar-refractivity contribution in [1.82, 2.24) is 20.4 Å². The number of nitrogens with one attached hydrogen (secondary N) is 2. The minimum absolute atomic E-state index is 0.126. The molecule has 1 spiro atoms. The summed E-state index contributed by atoms with van der Waals surface area (Å²) in [6.07, 6.45) is 1.49. The Kier molecular flexibility index (Phi) is 3.89. The van der Waals surface area contributed by atoms with E-state index in [0.717, 1.165) is 43.2 Å². The number of nitrogens with zero attached hydrogens (tertiary/aromatic N) is 2. The molecular formula is C20H22N4O4. The highest BCUT2D eigenvalue weighted by atomic mass is 16.2. The molecule has 4 aliphatic rings. The number of piperidine rings is 1. The summed E-state index contributed by atoms with van der Waals surface area (Å²) < 4.78 is 0. The van der Waals surface area contributed by atoms with Crippen LogP contribution in [0.3, 0.4) is 0 Å². The van der Waals surface area contributed by atoms with Crippen molar-refractivity contribution in [3.05, 3.63) is 34.9 Å². The second-order valence-corrected chi connectivity index (χ2v) is 8.39. The molecule has 8 heteroatoms. The van der Waals surface area contributed by atoms with Gasteiger partial charge in [0.2, 0.25) is 11.8 Å². The third-order valence-corrected chi connectivity index (χ3v) is 6.43. The van der Waals surface area contributed by atoms with Crippen LogP contribution in [0.25, 0.3) is 0 Å². The third kappa shape index (κ3) is 2.67. The van der Waals surface area contributed by atoms with Gasteiger partial charge in [0.05, 0.1) is 11.1 Å². The second kappa shape index (κ2) is 6.22. The molecule has 4 heterocycles. The van der Waals surface area contributed by atoms with Gasteiger partial charge in [-0.3, -0.25) is 34.3 Å². The standard InChI is InChI=1S/C20H22N4O4/c25-16-4-3-15(17(26)22-16)24-18(27)13-2-1-12(7-14(13)19(24)28)8-23-6-5-20(11-23)9-21-10-20/h1-2,7,15,21H,3-6,8-11H2,(H,22,25,26). The van der Waals surface area contributed by atoms with E-state index in [2.05, 4.69) is 15.5 Å². The number of likely N-dealkylation sites (tertiary alicyclic amines) is 1. The van der Waals surface area contributed by atoms with E-state index in [1.54, 1.807) is 12.1 Å². The average Bonchev–Trinajstić information content (AvgIpc) is 3.17. The molecule has 0 saturated carbocycles. The van der Waals surface area contributed by atoms with Crippen LogP contribution in [0.5, 0.6) is 0 Å². The van der Waals surface area contributed by atoms with Crippen LogP contribution in [0.1, 0.15) is 45.5 Å². The van der Waals surface area contributed by atoms with Crippen LogP contribution in [-0.4, -0.2) is 65.6 Å². The number of imide groups is 2. The molecule has 5 rings (SSSR count). The highest BCUT2D eigenvalue weighted by Crippen LogP contribution is 2.35. The normalized spacial score (nSPS) is 26.6. The number of carbonyl (C=O) groups excluding carboxylic acids is 4. The van der Waals surface area contributed by atoms with Gasteiger partial charge in [-0.25, -0.2) is 0 Å². The third-order valence-electron chi connectivity index (χ3n) is 6.43. The molecule has 1 aromatic rings. The van der Waals surface area contributed by atoms with E-state index < -0.39 is 23.8 Å². The Labute approximate surface area is 162 Å². The Hall–Kier alpha value is -2.58. The Morgan fingerprint density at radius 2 is 1.86 bits per heavy atom. The topological polar surface area (TPSA) is 98.8 Å². The summed E-state index contributed by atoms with van der Waals surface area (Å²) in [6.45, 7) is 4.97. The lowest BCUT2D eigenvalue weighted by Crippen LogP contribution is -2.54. The minimum atomic E-state index is -0.918. The van der Waals surface area contributed by atoms with Gasteiger partial charge in [-0.15, -0.1) is 0 Å². The van der Waals surface area contributed by atoms with Crippen molar-refractivity contribution in [2.45, 2.75) is 31.8 Å². The monoisotopic (exact) mass is 382 g/mol. The highest BCUT2D eigenvalue weighted by molar-refractivity contribution is 6.23. The van der Waals surface area contributed by atoms with Crippen LogP contribution in [0, 0.1) is 5.41 Å². The van der Waals surface area contributed by atoms with Crippen LogP contribution < -0.4 is 10.6 Å². The maximum absolute atomic E-state index is 12.9. The predicted molar refractivity (Wildman–Crippen MR) is 98.3 cm³/mol. The Morgan fingerprint density at radius 1 is 1.07 bits per heavy atom. The molecule has 4 amide bonds. The molecular weight excluding hydrogens is 360 g/mol. The summed E-state index contributed by atoms with van der Waals surface area (Å²) in [5, 5.41) is 5.56. The van der Waals surface area contributed by atoms with Gasteiger partial charge in [-0.1, -0.05) is 6.07 Å². The maximum atomic E-state index is 12.9. The smallest absolute Gasteiger partial charge is 0.262 e. The number of hydrogen-bond acceptors (Lipinski definition) is 6. The van der Waals surface area contributed by atoms with E-state index in [1.165, 1.54) is 6.42 Å². The van der Waals surface area contributed by atoms with Crippen LogP contribution in [0.2, 0.25) is 0 Å². The quantitative estimate of drug-likeness (QED) is 0.708. The van der Waals surface area contributed by atoms with E-state index >= 15 is 0 Å². The molecule has 0 radical (unpaired) electrons. The number of carbonyl (C=O) groups is 4. The van der Waals surface area contributed by atoms with Gasteiger partial charge in [-0.05, 0) is 37.1 Å². The summed E-state index contributed by atoms with van der Waals surface area (Å²) >= 11 is 0. The molecule has 1 atom stereocenters. The van der Waals surface area contributed by atoms with Crippen molar-refractivity contribution >= 4 is 23.6 Å². The van der Waals surface area contributed by atoms with Crippen LogP contribution in [0.4, 0.5) is 0 Å². The number of hydrogen-bond donors (Lipinski definition) is 2. The minimum Gasteiger partial charge on any atom is -0.315 e. The zero-order chi connectivity index (χ0) is 19.5. The zero-order valence-corrected chi connectivity index (χ0v) is 15.5. The molecule has 1 aromatic carbocycles. The van der Waals surface area contributed by atoms with E-state index in [1.807, 2.05) is 6.07 Å². The fourth-order valence-electron chi connectivity index (χ4n) is 4.80. The number of benzene rings is 1. The lowest BCUT2D eigenvalue weighted by atomic mass is 9.81. The summed E-state index contributed by atoms with van der Waals surface area (Å²) in [7, 11) is 0. The molecule has 2 N–H and O–H groups in total. The van der Waals surface area contributed by atoms with Gasteiger partial charge in [-0.2, -0.15) is 0 Å². The first-order chi connectivity index (χ1) is 13.5. The first-order valence-corrected chi connectivity index (χ1v) is 9.73. The van der Waals surface area contributed by atoms with Crippen molar-refractivity contribution in [1.29, 1.82) is 0 Å². The van der Waals surface area contributed by atoms with Crippen molar-refractivity contribution in [3.63, 3.8) is 0 Å². The average molecular weight is 382 g/mol. The molecule has 3 fully saturated rings. The summed E-state index contributed by atoms with van der Waals surface area (Å²) in [6, 6.07) is 4.44. The van der Waals surface area contributed by atoms with E-state index in [0.29, 0.717) is 16.5 Å². The van der Waals surface area contributed by atoms with Gasteiger partial charge in [0.1, 0.15) is 6.04 Å². The molecule has 28 heavy (non-hydrogen) atoms. The molecule has 8 nitrogen and oxygen atoms in total. The van der Waals surface area contributed by atoms with E-state index in [-0.39, 0.29) is 18.7 Å².